The summed E-state index contributed by atoms with van der Waals surface area (Å²) in [6.07, 6.45) is -0.522. The number of piperidine rings is 1. The van der Waals surface area contributed by atoms with E-state index in [0.29, 0.717) is 37.2 Å². The number of rotatable bonds is 5. The first-order valence-electron chi connectivity index (χ1n) is 10.1. The van der Waals surface area contributed by atoms with E-state index in [1.54, 1.807) is 49.9 Å². The Hall–Kier alpha value is -2.90. The molecule has 1 N–H and O–H groups in total. The van der Waals surface area contributed by atoms with E-state index in [0.717, 1.165) is 0 Å². The Kier molecular flexibility index (Phi) is 7.59. The van der Waals surface area contributed by atoms with Gasteiger partial charge in [0, 0.05) is 18.7 Å². The van der Waals surface area contributed by atoms with Crippen molar-refractivity contribution in [2.24, 2.45) is 5.92 Å². The number of carbonyl (C=O) groups excluding carboxylic acids is 4. The van der Waals surface area contributed by atoms with Crippen LogP contribution in [0, 0.1) is 5.92 Å². The van der Waals surface area contributed by atoms with Gasteiger partial charge in [0.25, 0.3) is 5.91 Å². The highest BCUT2D eigenvalue weighted by Crippen LogP contribution is 2.22. The molecule has 0 aromatic heterocycles. The highest BCUT2D eigenvalue weighted by atomic mass is 16.6. The predicted molar refractivity (Wildman–Crippen MR) is 111 cm³/mol. The number of hydrogen-bond donors (Lipinski definition) is 1. The minimum absolute atomic E-state index is 0.174. The summed E-state index contributed by atoms with van der Waals surface area (Å²) in [4.78, 5) is 50.2. The highest BCUT2D eigenvalue weighted by molar-refractivity contribution is 6.04. The molecule has 1 fully saturated rings. The molecule has 0 unspecified atom stereocenters. The Morgan fingerprint density at radius 2 is 1.70 bits per heavy atom. The van der Waals surface area contributed by atoms with Gasteiger partial charge in [-0.1, -0.05) is 12.1 Å². The average molecular weight is 418 g/mol. The minimum atomic E-state index is -1.01. The lowest BCUT2D eigenvalue weighted by atomic mass is 9.97. The molecule has 30 heavy (non-hydrogen) atoms. The Morgan fingerprint density at radius 3 is 2.27 bits per heavy atom. The number of ether oxygens (including phenoxy) is 2. The molecule has 1 heterocycles. The fourth-order valence-corrected chi connectivity index (χ4v) is 3.08. The zero-order valence-electron chi connectivity index (χ0n) is 18.2. The topological polar surface area (TPSA) is 102 Å². The van der Waals surface area contributed by atoms with Crippen LogP contribution in [0.25, 0.3) is 0 Å². The van der Waals surface area contributed by atoms with E-state index in [2.05, 4.69) is 5.32 Å². The summed E-state index contributed by atoms with van der Waals surface area (Å²) in [7, 11) is 0. The van der Waals surface area contributed by atoms with Gasteiger partial charge in [0.1, 0.15) is 5.60 Å². The molecule has 1 aromatic rings. The second-order valence-corrected chi connectivity index (χ2v) is 8.41. The second-order valence-electron chi connectivity index (χ2n) is 8.41. The SMILES string of the molecule is CC(=O)c1ccccc1NC(=O)[C@H](C)OC(=O)C1CCN(C(=O)OC(C)(C)C)CC1. The molecule has 1 aliphatic rings. The summed E-state index contributed by atoms with van der Waals surface area (Å²) in [5.41, 5.74) is 0.193. The molecule has 1 aliphatic heterocycles. The largest absolute Gasteiger partial charge is 0.452 e. The number of nitrogens with one attached hydrogen (secondary N) is 1. The van der Waals surface area contributed by atoms with Crippen LogP contribution in [-0.2, 0) is 19.1 Å². The number of amides is 2. The van der Waals surface area contributed by atoms with Crippen LogP contribution in [0.2, 0.25) is 0 Å². The van der Waals surface area contributed by atoms with Gasteiger partial charge in [-0.25, -0.2) is 4.79 Å². The van der Waals surface area contributed by atoms with Crippen LogP contribution in [0.4, 0.5) is 10.5 Å². The van der Waals surface area contributed by atoms with Gasteiger partial charge in [-0.05, 0) is 59.6 Å². The summed E-state index contributed by atoms with van der Waals surface area (Å²) >= 11 is 0. The number of anilines is 1. The van der Waals surface area contributed by atoms with Crippen molar-refractivity contribution in [3.05, 3.63) is 29.8 Å². The van der Waals surface area contributed by atoms with Gasteiger partial charge in [0.05, 0.1) is 11.6 Å². The molecule has 0 spiro atoms. The van der Waals surface area contributed by atoms with Crippen molar-refractivity contribution in [2.75, 3.05) is 18.4 Å². The fourth-order valence-electron chi connectivity index (χ4n) is 3.08. The third-order valence-corrected chi connectivity index (χ3v) is 4.71. The van der Waals surface area contributed by atoms with Crippen LogP contribution in [0.1, 0.15) is 57.8 Å². The van der Waals surface area contributed by atoms with Crippen molar-refractivity contribution in [3.63, 3.8) is 0 Å². The molecule has 1 atom stereocenters. The maximum Gasteiger partial charge on any atom is 0.410 e. The molecule has 8 nitrogen and oxygen atoms in total. The summed E-state index contributed by atoms with van der Waals surface area (Å²) in [6, 6.07) is 6.65. The minimum Gasteiger partial charge on any atom is -0.452 e. The first-order valence-corrected chi connectivity index (χ1v) is 10.1. The zero-order valence-corrected chi connectivity index (χ0v) is 18.2. The van der Waals surface area contributed by atoms with Crippen molar-refractivity contribution in [1.29, 1.82) is 0 Å². The normalized spacial score (nSPS) is 15.8. The summed E-state index contributed by atoms with van der Waals surface area (Å²) in [6.45, 7) is 9.09. The molecule has 0 radical (unpaired) electrons. The highest BCUT2D eigenvalue weighted by Gasteiger charge is 2.32. The van der Waals surface area contributed by atoms with Crippen LogP contribution in [-0.4, -0.2) is 53.4 Å². The van der Waals surface area contributed by atoms with Gasteiger partial charge in [-0.3, -0.25) is 14.4 Å². The Morgan fingerprint density at radius 1 is 1.10 bits per heavy atom. The van der Waals surface area contributed by atoms with Crippen molar-refractivity contribution >= 4 is 29.4 Å². The molecule has 2 amide bonds. The fraction of sp³-hybridized carbons (Fsp3) is 0.545. The molecular weight excluding hydrogens is 388 g/mol. The number of carbonyl (C=O) groups is 4. The summed E-state index contributed by atoms with van der Waals surface area (Å²) in [5, 5.41) is 2.64. The van der Waals surface area contributed by atoms with Crippen molar-refractivity contribution in [1.82, 2.24) is 4.90 Å². The maximum atomic E-state index is 12.5. The maximum absolute atomic E-state index is 12.5. The molecule has 1 aromatic carbocycles. The van der Waals surface area contributed by atoms with Crippen LogP contribution >= 0.6 is 0 Å². The van der Waals surface area contributed by atoms with Gasteiger partial charge >= 0.3 is 12.1 Å². The van der Waals surface area contributed by atoms with Crippen LogP contribution in [0.15, 0.2) is 24.3 Å². The molecule has 8 heteroatoms. The van der Waals surface area contributed by atoms with Crippen molar-refractivity contribution in [3.8, 4) is 0 Å². The lowest BCUT2D eigenvalue weighted by Gasteiger charge is -2.32. The summed E-state index contributed by atoms with van der Waals surface area (Å²) < 4.78 is 10.7. The van der Waals surface area contributed by atoms with E-state index in [9.17, 15) is 19.2 Å². The second kappa shape index (κ2) is 9.73. The summed E-state index contributed by atoms with van der Waals surface area (Å²) in [5.74, 6) is -1.54. The lowest BCUT2D eigenvalue weighted by Crippen LogP contribution is -2.43. The third-order valence-electron chi connectivity index (χ3n) is 4.71. The van der Waals surface area contributed by atoms with Crippen molar-refractivity contribution in [2.45, 2.75) is 59.2 Å². The standard InChI is InChI=1S/C22H30N2O6/c1-14(25)17-8-6-7-9-18(17)23-19(26)15(2)29-20(27)16-10-12-24(13-11-16)21(28)30-22(3,4)5/h6-9,15-16H,10-13H2,1-5H3,(H,23,26)/t15-/m0/s1. The van der Waals surface area contributed by atoms with Gasteiger partial charge in [0.2, 0.25) is 0 Å². The molecule has 1 saturated heterocycles. The van der Waals surface area contributed by atoms with E-state index in [1.165, 1.54) is 13.8 Å². The van der Waals surface area contributed by atoms with Crippen LogP contribution in [0.5, 0.6) is 0 Å². The predicted octanol–water partition coefficient (Wildman–Crippen LogP) is 3.41. The Bertz CT molecular complexity index is 806. The van der Waals surface area contributed by atoms with Gasteiger partial charge in [-0.2, -0.15) is 0 Å². The number of para-hydroxylation sites is 1. The smallest absolute Gasteiger partial charge is 0.410 e. The first-order chi connectivity index (χ1) is 14.0. The first kappa shape index (κ1) is 23.4. The Labute approximate surface area is 176 Å². The van der Waals surface area contributed by atoms with E-state index in [1.807, 2.05) is 0 Å². The van der Waals surface area contributed by atoms with Crippen LogP contribution < -0.4 is 5.32 Å². The molecule has 2 rings (SSSR count). The number of Topliss-reactive ketones (excluding diaryl/α,β-unsaturated/α-hetero) is 1. The van der Waals surface area contributed by atoms with Crippen molar-refractivity contribution < 1.29 is 28.7 Å². The van der Waals surface area contributed by atoms with Crippen LogP contribution in [0.3, 0.4) is 0 Å². The molecule has 164 valence electrons. The number of ketones is 1. The quantitative estimate of drug-likeness (QED) is 0.581. The third kappa shape index (κ3) is 6.57. The zero-order chi connectivity index (χ0) is 22.5. The number of nitrogens with zero attached hydrogens (tertiary/aromatic N) is 1. The monoisotopic (exact) mass is 418 g/mol. The number of hydrogen-bond acceptors (Lipinski definition) is 6. The number of likely N-dealkylation sites (tertiary alicyclic amines) is 1. The average Bonchev–Trinajstić information content (AvgIpc) is 2.66. The van der Waals surface area contributed by atoms with Gasteiger partial charge < -0.3 is 19.7 Å². The van der Waals surface area contributed by atoms with E-state index in [4.69, 9.17) is 9.47 Å². The Balaban J connectivity index is 1.86. The van der Waals surface area contributed by atoms with Gasteiger partial charge in [-0.15, -0.1) is 0 Å². The van der Waals surface area contributed by atoms with E-state index in [-0.39, 0.29) is 11.7 Å². The number of benzene rings is 1. The van der Waals surface area contributed by atoms with E-state index >= 15 is 0 Å². The lowest BCUT2D eigenvalue weighted by molar-refractivity contribution is -0.158. The van der Waals surface area contributed by atoms with Gasteiger partial charge in [0.15, 0.2) is 11.9 Å². The molecule has 0 aliphatic carbocycles. The molecule has 0 saturated carbocycles. The number of esters is 1. The van der Waals surface area contributed by atoms with E-state index < -0.39 is 29.7 Å². The molecular formula is C22H30N2O6. The molecule has 0 bridgehead atoms.